The summed E-state index contributed by atoms with van der Waals surface area (Å²) in [6.07, 6.45) is 4.98. The van der Waals surface area contributed by atoms with Crippen molar-refractivity contribution in [3.05, 3.63) is 70.7 Å². The van der Waals surface area contributed by atoms with E-state index in [1.54, 1.807) is 17.5 Å². The number of benzene rings is 1. The van der Waals surface area contributed by atoms with Gasteiger partial charge in [0.25, 0.3) is 0 Å². The molecular weight excluding hydrogens is 294 g/mol. The Balaban J connectivity index is 1.56. The van der Waals surface area contributed by atoms with Crippen molar-refractivity contribution in [3.8, 4) is 0 Å². The first kappa shape index (κ1) is 14.5. The van der Waals surface area contributed by atoms with E-state index in [1.165, 1.54) is 4.88 Å². The van der Waals surface area contributed by atoms with E-state index in [9.17, 15) is 4.79 Å². The molecule has 1 N–H and O–H groups in total. The Kier molecular flexibility index (Phi) is 4.65. The van der Waals surface area contributed by atoms with Crippen molar-refractivity contribution in [2.75, 3.05) is 5.32 Å². The van der Waals surface area contributed by atoms with Crippen LogP contribution in [0.1, 0.15) is 16.9 Å². The molecule has 2 aromatic heterocycles. The predicted molar refractivity (Wildman–Crippen MR) is 89.0 cm³/mol. The van der Waals surface area contributed by atoms with Crippen LogP contribution in [0.4, 0.5) is 5.69 Å². The van der Waals surface area contributed by atoms with E-state index >= 15 is 0 Å². The number of aryl methyl sites for hydroxylation is 1. The van der Waals surface area contributed by atoms with Gasteiger partial charge in [-0.3, -0.25) is 9.48 Å². The molecule has 0 saturated carbocycles. The lowest BCUT2D eigenvalue weighted by Crippen LogP contribution is -2.12. The number of nitrogens with one attached hydrogen (secondary N) is 1. The van der Waals surface area contributed by atoms with Gasteiger partial charge >= 0.3 is 0 Å². The van der Waals surface area contributed by atoms with E-state index in [0.717, 1.165) is 17.7 Å². The summed E-state index contributed by atoms with van der Waals surface area (Å²) in [5.74, 6) is 0.0460. The Hall–Kier alpha value is -2.40. The summed E-state index contributed by atoms with van der Waals surface area (Å²) >= 11 is 1.69. The van der Waals surface area contributed by atoms with Gasteiger partial charge in [-0.05, 0) is 41.6 Å². The minimum atomic E-state index is 0.0460. The van der Waals surface area contributed by atoms with Crippen LogP contribution in [0.3, 0.4) is 0 Å². The molecule has 0 saturated heterocycles. The molecule has 0 atom stereocenters. The minimum absolute atomic E-state index is 0.0460. The number of hydrogen-bond acceptors (Lipinski definition) is 3. The molecule has 22 heavy (non-hydrogen) atoms. The lowest BCUT2D eigenvalue weighted by Gasteiger charge is -2.07. The van der Waals surface area contributed by atoms with E-state index in [0.29, 0.717) is 13.0 Å². The lowest BCUT2D eigenvalue weighted by atomic mass is 10.2. The second-order valence-electron chi connectivity index (χ2n) is 5.03. The largest absolute Gasteiger partial charge is 0.326 e. The second kappa shape index (κ2) is 7.04. The number of aromatic nitrogens is 2. The van der Waals surface area contributed by atoms with E-state index in [1.807, 2.05) is 52.7 Å². The van der Waals surface area contributed by atoms with Gasteiger partial charge in [-0.15, -0.1) is 11.3 Å². The fraction of sp³-hybridized carbons (Fsp3) is 0.176. The summed E-state index contributed by atoms with van der Waals surface area (Å²) in [7, 11) is 0. The summed E-state index contributed by atoms with van der Waals surface area (Å²) in [5.41, 5.74) is 1.94. The zero-order chi connectivity index (χ0) is 15.2. The van der Waals surface area contributed by atoms with Gasteiger partial charge in [0.1, 0.15) is 0 Å². The summed E-state index contributed by atoms with van der Waals surface area (Å²) in [6.45, 7) is 0.700. The van der Waals surface area contributed by atoms with Gasteiger partial charge in [-0.25, -0.2) is 0 Å². The van der Waals surface area contributed by atoms with Crippen LogP contribution in [0.2, 0.25) is 0 Å². The monoisotopic (exact) mass is 311 g/mol. The lowest BCUT2D eigenvalue weighted by molar-refractivity contribution is -0.116. The van der Waals surface area contributed by atoms with E-state index < -0.39 is 0 Å². The first-order valence-corrected chi connectivity index (χ1v) is 8.06. The maximum Gasteiger partial charge on any atom is 0.224 e. The van der Waals surface area contributed by atoms with Crippen LogP contribution in [0.15, 0.2) is 60.2 Å². The second-order valence-corrected chi connectivity index (χ2v) is 6.06. The fourth-order valence-electron chi connectivity index (χ4n) is 2.24. The molecule has 0 aliphatic heterocycles. The molecule has 0 radical (unpaired) electrons. The van der Waals surface area contributed by atoms with Crippen molar-refractivity contribution in [3.63, 3.8) is 0 Å². The van der Waals surface area contributed by atoms with Crippen molar-refractivity contribution in [1.82, 2.24) is 9.78 Å². The van der Waals surface area contributed by atoms with Crippen molar-refractivity contribution in [2.45, 2.75) is 19.4 Å². The maximum absolute atomic E-state index is 12.0. The molecule has 1 aromatic carbocycles. The van der Waals surface area contributed by atoms with Gasteiger partial charge in [0, 0.05) is 29.4 Å². The highest BCUT2D eigenvalue weighted by Crippen LogP contribution is 2.14. The fourth-order valence-corrected chi connectivity index (χ4v) is 2.95. The number of carbonyl (C=O) groups is 1. The number of rotatable bonds is 6. The molecular formula is C17H17N3OS. The SMILES string of the molecule is O=C(CCc1cccs1)Nc1cccc(Cn2cccn2)c1. The van der Waals surface area contributed by atoms with Crippen molar-refractivity contribution in [1.29, 1.82) is 0 Å². The normalized spacial score (nSPS) is 10.5. The van der Waals surface area contributed by atoms with Crippen molar-refractivity contribution >= 4 is 22.9 Å². The minimum Gasteiger partial charge on any atom is -0.326 e. The van der Waals surface area contributed by atoms with Crippen LogP contribution >= 0.6 is 11.3 Å². The number of amides is 1. The Labute approximate surface area is 133 Å². The van der Waals surface area contributed by atoms with Crippen LogP contribution in [-0.2, 0) is 17.8 Å². The molecule has 3 aromatic rings. The molecule has 5 heteroatoms. The Morgan fingerprint density at radius 1 is 1.23 bits per heavy atom. The number of thiophene rings is 1. The van der Waals surface area contributed by atoms with Gasteiger partial charge in [-0.2, -0.15) is 5.10 Å². The highest BCUT2D eigenvalue weighted by Gasteiger charge is 2.05. The summed E-state index contributed by atoms with van der Waals surface area (Å²) in [5, 5.41) is 9.18. The van der Waals surface area contributed by atoms with E-state index in [-0.39, 0.29) is 5.91 Å². The van der Waals surface area contributed by atoms with Crippen molar-refractivity contribution < 1.29 is 4.79 Å². The van der Waals surface area contributed by atoms with Gasteiger partial charge in [0.2, 0.25) is 5.91 Å². The Bertz CT molecular complexity index is 720. The van der Waals surface area contributed by atoms with Gasteiger partial charge in [0.05, 0.1) is 6.54 Å². The van der Waals surface area contributed by atoms with Gasteiger partial charge in [-0.1, -0.05) is 18.2 Å². The van der Waals surface area contributed by atoms with E-state index in [2.05, 4.69) is 16.5 Å². The molecule has 0 spiro atoms. The van der Waals surface area contributed by atoms with Gasteiger partial charge < -0.3 is 5.32 Å². The molecule has 0 fully saturated rings. The Morgan fingerprint density at radius 2 is 2.18 bits per heavy atom. The van der Waals surface area contributed by atoms with Crippen LogP contribution in [-0.4, -0.2) is 15.7 Å². The van der Waals surface area contributed by atoms with Crippen molar-refractivity contribution in [2.24, 2.45) is 0 Å². The highest BCUT2D eigenvalue weighted by molar-refractivity contribution is 7.09. The van der Waals surface area contributed by atoms with Crippen LogP contribution in [0.5, 0.6) is 0 Å². The zero-order valence-electron chi connectivity index (χ0n) is 12.1. The quantitative estimate of drug-likeness (QED) is 0.756. The third kappa shape index (κ3) is 4.05. The predicted octanol–water partition coefficient (Wildman–Crippen LogP) is 3.56. The number of anilines is 1. The molecule has 2 heterocycles. The topological polar surface area (TPSA) is 46.9 Å². The standard InChI is InChI=1S/C17H17N3OS/c21-17(8-7-16-6-2-11-22-16)19-15-5-1-4-14(12-15)13-20-10-3-9-18-20/h1-6,9-12H,7-8,13H2,(H,19,21). The first-order chi connectivity index (χ1) is 10.8. The average Bonchev–Trinajstić information content (AvgIpc) is 3.19. The summed E-state index contributed by atoms with van der Waals surface area (Å²) in [6, 6.07) is 13.9. The third-order valence-electron chi connectivity index (χ3n) is 3.29. The molecule has 0 unspecified atom stereocenters. The maximum atomic E-state index is 12.0. The summed E-state index contributed by atoms with van der Waals surface area (Å²) < 4.78 is 1.86. The average molecular weight is 311 g/mol. The first-order valence-electron chi connectivity index (χ1n) is 7.18. The highest BCUT2D eigenvalue weighted by atomic mass is 32.1. The third-order valence-corrected chi connectivity index (χ3v) is 4.23. The number of nitrogens with zero attached hydrogens (tertiary/aromatic N) is 2. The van der Waals surface area contributed by atoms with Crippen LogP contribution in [0.25, 0.3) is 0 Å². The molecule has 112 valence electrons. The Morgan fingerprint density at radius 3 is 2.95 bits per heavy atom. The van der Waals surface area contributed by atoms with Crippen LogP contribution < -0.4 is 5.32 Å². The van der Waals surface area contributed by atoms with Gasteiger partial charge in [0.15, 0.2) is 0 Å². The zero-order valence-corrected chi connectivity index (χ0v) is 12.9. The summed E-state index contributed by atoms with van der Waals surface area (Å²) in [4.78, 5) is 13.3. The molecule has 4 nitrogen and oxygen atoms in total. The number of hydrogen-bond donors (Lipinski definition) is 1. The van der Waals surface area contributed by atoms with E-state index in [4.69, 9.17) is 0 Å². The molecule has 0 aliphatic rings. The molecule has 0 aliphatic carbocycles. The smallest absolute Gasteiger partial charge is 0.224 e. The molecule has 1 amide bonds. The molecule has 0 bridgehead atoms. The van der Waals surface area contributed by atoms with Crippen LogP contribution in [0, 0.1) is 0 Å². The molecule has 3 rings (SSSR count). The number of carbonyl (C=O) groups excluding carboxylic acids is 1.